The standard InChI is InChI=1S/C16H23N3O3S/c1-4-9-17-16(20)13(10-11(2)3)18-15-12-7-5-6-8-14(12)23(21,22)19-15/h5-8,11,13H,4,9-10H2,1-3H3,(H,17,20)(H,18,19)/t13-/m1/s1. The molecule has 0 aromatic heterocycles. The smallest absolute Gasteiger partial charge is 0.263 e. The van der Waals surface area contributed by atoms with E-state index >= 15 is 0 Å². The highest BCUT2D eigenvalue weighted by atomic mass is 32.2. The van der Waals surface area contributed by atoms with Crippen LogP contribution in [0.4, 0.5) is 0 Å². The van der Waals surface area contributed by atoms with Crippen LogP contribution in [0.15, 0.2) is 34.2 Å². The molecule has 1 amide bonds. The summed E-state index contributed by atoms with van der Waals surface area (Å²) in [5.74, 6) is 0.347. The van der Waals surface area contributed by atoms with Crippen molar-refractivity contribution in [1.82, 2.24) is 10.0 Å². The first-order valence-electron chi connectivity index (χ1n) is 7.83. The first kappa shape index (κ1) is 17.5. The number of hydrogen-bond donors (Lipinski definition) is 2. The van der Waals surface area contributed by atoms with Crippen LogP contribution in [0, 0.1) is 5.92 Å². The summed E-state index contributed by atoms with van der Waals surface area (Å²) in [6.07, 6.45) is 1.40. The first-order chi connectivity index (χ1) is 10.8. The van der Waals surface area contributed by atoms with E-state index in [1.807, 2.05) is 20.8 Å². The van der Waals surface area contributed by atoms with Crippen molar-refractivity contribution in [3.05, 3.63) is 29.8 Å². The molecule has 23 heavy (non-hydrogen) atoms. The third-order valence-corrected chi connectivity index (χ3v) is 4.89. The Kier molecular flexibility index (Phi) is 5.41. The zero-order chi connectivity index (χ0) is 17.0. The van der Waals surface area contributed by atoms with E-state index in [9.17, 15) is 13.2 Å². The Morgan fingerprint density at radius 3 is 2.65 bits per heavy atom. The van der Waals surface area contributed by atoms with E-state index in [0.717, 1.165) is 6.42 Å². The van der Waals surface area contributed by atoms with E-state index in [1.54, 1.807) is 18.2 Å². The van der Waals surface area contributed by atoms with Gasteiger partial charge < -0.3 is 5.32 Å². The Morgan fingerprint density at radius 1 is 1.30 bits per heavy atom. The minimum Gasteiger partial charge on any atom is -0.354 e. The van der Waals surface area contributed by atoms with Gasteiger partial charge in [-0.1, -0.05) is 32.9 Å². The average Bonchev–Trinajstić information content (AvgIpc) is 2.75. The molecule has 6 nitrogen and oxygen atoms in total. The van der Waals surface area contributed by atoms with Crippen molar-refractivity contribution in [3.8, 4) is 0 Å². The van der Waals surface area contributed by atoms with Crippen LogP contribution in [0.3, 0.4) is 0 Å². The molecule has 0 saturated carbocycles. The molecular formula is C16H23N3O3S. The van der Waals surface area contributed by atoms with Crippen LogP contribution in [-0.2, 0) is 14.8 Å². The van der Waals surface area contributed by atoms with Crippen molar-refractivity contribution >= 4 is 21.8 Å². The lowest BCUT2D eigenvalue weighted by Crippen LogP contribution is -2.36. The van der Waals surface area contributed by atoms with E-state index in [-0.39, 0.29) is 22.6 Å². The van der Waals surface area contributed by atoms with Crippen LogP contribution in [0.25, 0.3) is 0 Å². The van der Waals surface area contributed by atoms with Gasteiger partial charge in [-0.25, -0.2) is 8.42 Å². The molecule has 0 fully saturated rings. The maximum atomic E-state index is 12.3. The second-order valence-corrected chi connectivity index (χ2v) is 7.67. The zero-order valence-corrected chi connectivity index (χ0v) is 14.5. The number of sulfonamides is 1. The van der Waals surface area contributed by atoms with Gasteiger partial charge in [-0.3, -0.25) is 14.5 Å². The van der Waals surface area contributed by atoms with Gasteiger partial charge in [0.25, 0.3) is 10.0 Å². The summed E-state index contributed by atoms with van der Waals surface area (Å²) in [5, 5.41) is 2.83. The number of nitrogens with zero attached hydrogens (tertiary/aromatic N) is 1. The number of amidine groups is 1. The highest BCUT2D eigenvalue weighted by Gasteiger charge is 2.31. The largest absolute Gasteiger partial charge is 0.354 e. The Morgan fingerprint density at radius 2 is 2.00 bits per heavy atom. The van der Waals surface area contributed by atoms with E-state index in [1.165, 1.54) is 6.07 Å². The number of nitrogens with one attached hydrogen (secondary N) is 2. The first-order valence-corrected chi connectivity index (χ1v) is 9.31. The molecule has 126 valence electrons. The van der Waals surface area contributed by atoms with Gasteiger partial charge in [0.05, 0.1) is 4.90 Å². The maximum Gasteiger partial charge on any atom is 0.263 e. The molecule has 1 aromatic rings. The predicted octanol–water partition coefficient (Wildman–Crippen LogP) is 1.67. The van der Waals surface area contributed by atoms with Gasteiger partial charge in [0, 0.05) is 12.1 Å². The zero-order valence-electron chi connectivity index (χ0n) is 13.7. The summed E-state index contributed by atoms with van der Waals surface area (Å²) in [4.78, 5) is 16.9. The van der Waals surface area contributed by atoms with Gasteiger partial charge >= 0.3 is 0 Å². The Balaban J connectivity index is 2.34. The molecule has 2 rings (SSSR count). The van der Waals surface area contributed by atoms with Crippen molar-refractivity contribution in [2.24, 2.45) is 10.9 Å². The van der Waals surface area contributed by atoms with E-state index in [0.29, 0.717) is 18.5 Å². The molecule has 1 aliphatic rings. The number of benzene rings is 1. The molecule has 0 saturated heterocycles. The number of carbonyl (C=O) groups excluding carboxylic acids is 1. The summed E-state index contributed by atoms with van der Waals surface area (Å²) in [6.45, 7) is 6.58. The molecule has 1 aliphatic heterocycles. The molecule has 1 heterocycles. The molecule has 0 spiro atoms. The summed E-state index contributed by atoms with van der Waals surface area (Å²) >= 11 is 0. The molecule has 2 N–H and O–H groups in total. The predicted molar refractivity (Wildman–Crippen MR) is 89.8 cm³/mol. The van der Waals surface area contributed by atoms with Gasteiger partial charge in [-0.05, 0) is 30.9 Å². The van der Waals surface area contributed by atoms with Crippen molar-refractivity contribution in [1.29, 1.82) is 0 Å². The molecule has 1 atom stereocenters. The van der Waals surface area contributed by atoms with E-state index in [4.69, 9.17) is 0 Å². The van der Waals surface area contributed by atoms with Gasteiger partial charge in [0.15, 0.2) is 0 Å². The fourth-order valence-corrected chi connectivity index (χ4v) is 3.66. The van der Waals surface area contributed by atoms with Crippen LogP contribution in [0.2, 0.25) is 0 Å². The molecule has 0 unspecified atom stereocenters. The number of fused-ring (bicyclic) bond motifs is 1. The topological polar surface area (TPSA) is 87.6 Å². The van der Waals surface area contributed by atoms with Crippen LogP contribution in [0.5, 0.6) is 0 Å². The second kappa shape index (κ2) is 7.12. The van der Waals surface area contributed by atoms with Gasteiger partial charge in [0.2, 0.25) is 5.91 Å². The third kappa shape index (κ3) is 4.10. The summed E-state index contributed by atoms with van der Waals surface area (Å²) < 4.78 is 26.7. The Hall–Kier alpha value is -1.89. The number of aliphatic imine (C=N–C) groups is 1. The van der Waals surface area contributed by atoms with Crippen LogP contribution in [-0.4, -0.2) is 32.7 Å². The summed E-state index contributed by atoms with van der Waals surface area (Å²) in [6, 6.07) is 6.05. The minimum atomic E-state index is -3.58. The quantitative estimate of drug-likeness (QED) is 0.827. The highest BCUT2D eigenvalue weighted by molar-refractivity contribution is 7.90. The molecule has 1 aromatic carbocycles. The van der Waals surface area contributed by atoms with E-state index in [2.05, 4.69) is 15.0 Å². The summed E-state index contributed by atoms with van der Waals surface area (Å²) in [5.41, 5.74) is 0.518. The fraction of sp³-hybridized carbons (Fsp3) is 0.500. The lowest BCUT2D eigenvalue weighted by molar-refractivity contribution is -0.122. The molecule has 7 heteroatoms. The van der Waals surface area contributed by atoms with Crippen molar-refractivity contribution in [2.75, 3.05) is 6.54 Å². The van der Waals surface area contributed by atoms with Crippen LogP contribution < -0.4 is 10.0 Å². The highest BCUT2D eigenvalue weighted by Crippen LogP contribution is 2.23. The Bertz CT molecular complexity index is 711. The minimum absolute atomic E-state index is 0.170. The monoisotopic (exact) mass is 337 g/mol. The number of rotatable bonds is 6. The number of hydrogen-bond acceptors (Lipinski definition) is 4. The van der Waals surface area contributed by atoms with Crippen molar-refractivity contribution < 1.29 is 13.2 Å². The molecule has 0 radical (unpaired) electrons. The normalized spacial score (nSPS) is 18.5. The van der Waals surface area contributed by atoms with Gasteiger partial charge in [-0.2, -0.15) is 0 Å². The fourth-order valence-electron chi connectivity index (χ4n) is 2.42. The maximum absolute atomic E-state index is 12.3. The van der Waals surface area contributed by atoms with Crippen molar-refractivity contribution in [3.63, 3.8) is 0 Å². The lowest BCUT2D eigenvalue weighted by atomic mass is 10.0. The van der Waals surface area contributed by atoms with Gasteiger partial charge in [0.1, 0.15) is 11.9 Å². The number of amides is 1. The van der Waals surface area contributed by atoms with E-state index < -0.39 is 16.1 Å². The number of carbonyl (C=O) groups is 1. The van der Waals surface area contributed by atoms with Gasteiger partial charge in [-0.15, -0.1) is 0 Å². The van der Waals surface area contributed by atoms with Crippen molar-refractivity contribution in [2.45, 2.75) is 44.6 Å². The molecule has 0 aliphatic carbocycles. The van der Waals surface area contributed by atoms with Crippen LogP contribution >= 0.6 is 0 Å². The molecular weight excluding hydrogens is 314 g/mol. The molecule has 0 bridgehead atoms. The average molecular weight is 337 g/mol. The second-order valence-electron chi connectivity index (χ2n) is 6.02. The Labute approximate surface area is 137 Å². The summed E-state index contributed by atoms with van der Waals surface area (Å²) in [7, 11) is -3.58. The third-order valence-electron chi connectivity index (χ3n) is 3.49. The lowest BCUT2D eigenvalue weighted by Gasteiger charge is -2.15. The van der Waals surface area contributed by atoms with Crippen LogP contribution in [0.1, 0.15) is 39.2 Å². The SMILES string of the molecule is CCCNC(=O)[C@@H](CC(C)C)N=C1NS(=O)(=O)c2ccccc21.